The summed E-state index contributed by atoms with van der Waals surface area (Å²) in [6.07, 6.45) is 3.27. The maximum Gasteiger partial charge on any atom is 0.214 e. The summed E-state index contributed by atoms with van der Waals surface area (Å²) in [5.74, 6) is 0.871. The number of hydrogen-bond donors (Lipinski definition) is 2. The lowest BCUT2D eigenvalue weighted by Crippen LogP contribution is -2.33. The lowest BCUT2D eigenvalue weighted by molar-refractivity contribution is 0.524. The highest BCUT2D eigenvalue weighted by atomic mass is 15.5. The van der Waals surface area contributed by atoms with E-state index in [0.717, 1.165) is 44.0 Å². The Bertz CT molecular complexity index is 784. The van der Waals surface area contributed by atoms with E-state index in [9.17, 15) is 0 Å². The van der Waals surface area contributed by atoms with Gasteiger partial charge in [-0.3, -0.25) is 0 Å². The normalized spacial score (nSPS) is 19.2. The van der Waals surface area contributed by atoms with Crippen LogP contribution < -0.4 is 5.32 Å². The summed E-state index contributed by atoms with van der Waals surface area (Å²) in [5, 5.41) is 11.3. The monoisotopic (exact) mass is 295 g/mol. The molecule has 4 rings (SSSR count). The highest BCUT2D eigenvalue weighted by Gasteiger charge is 2.22. The number of H-pyrrole nitrogens is 1. The quantitative estimate of drug-likeness (QED) is 0.794. The van der Waals surface area contributed by atoms with Crippen molar-refractivity contribution in [1.29, 1.82) is 0 Å². The summed E-state index contributed by atoms with van der Waals surface area (Å²) in [6, 6.07) is 6.59. The van der Waals surface area contributed by atoms with E-state index in [1.54, 1.807) is 0 Å². The van der Waals surface area contributed by atoms with Gasteiger partial charge in [-0.15, -0.1) is 0 Å². The molecule has 2 aromatic rings. The molecule has 0 fully saturated rings. The van der Waals surface area contributed by atoms with Crippen LogP contribution in [0.15, 0.2) is 28.3 Å². The van der Waals surface area contributed by atoms with Crippen molar-refractivity contribution in [2.75, 3.05) is 20.1 Å². The van der Waals surface area contributed by atoms with Crippen molar-refractivity contribution in [3.8, 4) is 0 Å². The molecule has 114 valence electrons. The highest BCUT2D eigenvalue weighted by Crippen LogP contribution is 2.30. The van der Waals surface area contributed by atoms with Crippen molar-refractivity contribution < 1.29 is 0 Å². The maximum absolute atomic E-state index is 4.85. The molecule has 0 saturated heterocycles. The number of aromatic amines is 1. The average molecular weight is 295 g/mol. The van der Waals surface area contributed by atoms with Gasteiger partial charge in [0.25, 0.3) is 0 Å². The van der Waals surface area contributed by atoms with Crippen LogP contribution in [-0.4, -0.2) is 41.8 Å². The first-order valence-electron chi connectivity index (χ1n) is 7.93. The first-order chi connectivity index (χ1) is 10.7. The fourth-order valence-corrected chi connectivity index (χ4v) is 3.37. The minimum Gasteiger partial charge on any atom is -0.358 e. The molecule has 0 amide bonds. The molecule has 22 heavy (non-hydrogen) atoms. The summed E-state index contributed by atoms with van der Waals surface area (Å²) in [6.45, 7) is 3.88. The van der Waals surface area contributed by atoms with E-state index in [4.69, 9.17) is 5.10 Å². The number of aryl methyl sites for hydroxylation is 2. The molecule has 0 bridgehead atoms. The van der Waals surface area contributed by atoms with E-state index in [1.807, 2.05) is 12.1 Å². The van der Waals surface area contributed by atoms with E-state index < -0.39 is 0 Å². The van der Waals surface area contributed by atoms with Gasteiger partial charge >= 0.3 is 0 Å². The van der Waals surface area contributed by atoms with Crippen molar-refractivity contribution in [3.05, 3.63) is 35.0 Å². The zero-order valence-electron chi connectivity index (χ0n) is 13.1. The first-order valence-corrected chi connectivity index (χ1v) is 7.93. The third-order valence-electron chi connectivity index (χ3n) is 4.39. The second kappa shape index (κ2) is 5.16. The van der Waals surface area contributed by atoms with Crippen molar-refractivity contribution in [1.82, 2.24) is 15.3 Å². The number of hydrazone groups is 1. The maximum atomic E-state index is 4.85. The molecule has 0 unspecified atom stereocenters. The molecule has 1 aromatic heterocycles. The van der Waals surface area contributed by atoms with E-state index in [1.165, 1.54) is 27.7 Å². The van der Waals surface area contributed by atoms with E-state index in [-0.39, 0.29) is 0 Å². The van der Waals surface area contributed by atoms with Crippen molar-refractivity contribution >= 4 is 22.6 Å². The smallest absolute Gasteiger partial charge is 0.214 e. The molecule has 2 heterocycles. The SMILES string of the molecule is Cc1ccc2[nH]c3c(c2c1)C(=NN(C)C1=NCCN1)CCC3. The van der Waals surface area contributed by atoms with Crippen LogP contribution in [0.2, 0.25) is 0 Å². The molecule has 2 N–H and O–H groups in total. The fourth-order valence-electron chi connectivity index (χ4n) is 3.37. The van der Waals surface area contributed by atoms with Crippen LogP contribution in [0.5, 0.6) is 0 Å². The molecule has 0 radical (unpaired) electrons. The highest BCUT2D eigenvalue weighted by molar-refractivity contribution is 6.13. The third-order valence-corrected chi connectivity index (χ3v) is 4.39. The zero-order valence-corrected chi connectivity index (χ0v) is 13.1. The predicted octanol–water partition coefficient (Wildman–Crippen LogP) is 2.41. The number of aliphatic imine (C=N–C) groups is 1. The second-order valence-corrected chi connectivity index (χ2v) is 6.08. The molecule has 2 aliphatic rings. The Balaban J connectivity index is 1.80. The second-order valence-electron chi connectivity index (χ2n) is 6.08. The largest absolute Gasteiger partial charge is 0.358 e. The summed E-state index contributed by atoms with van der Waals surface area (Å²) < 4.78 is 0. The minimum absolute atomic E-state index is 0.835. The number of nitrogens with zero attached hydrogens (tertiary/aromatic N) is 3. The molecular weight excluding hydrogens is 274 g/mol. The van der Waals surface area contributed by atoms with Gasteiger partial charge in [-0.05, 0) is 38.3 Å². The molecule has 5 heteroatoms. The third kappa shape index (κ3) is 2.17. The fraction of sp³-hybridized carbons (Fsp3) is 0.412. The lowest BCUT2D eigenvalue weighted by Gasteiger charge is -2.19. The summed E-state index contributed by atoms with van der Waals surface area (Å²) >= 11 is 0. The Kier molecular flexibility index (Phi) is 3.13. The molecule has 5 nitrogen and oxygen atoms in total. The van der Waals surface area contributed by atoms with E-state index in [2.05, 4.69) is 40.4 Å². The summed E-state index contributed by atoms with van der Waals surface area (Å²) in [4.78, 5) is 8.01. The van der Waals surface area contributed by atoms with Crippen molar-refractivity contribution in [2.24, 2.45) is 10.1 Å². The van der Waals surface area contributed by atoms with E-state index >= 15 is 0 Å². The molecule has 1 aliphatic carbocycles. The summed E-state index contributed by atoms with van der Waals surface area (Å²) in [5.41, 5.74) is 6.28. The Morgan fingerprint density at radius 3 is 3.00 bits per heavy atom. The topological polar surface area (TPSA) is 55.8 Å². The van der Waals surface area contributed by atoms with Gasteiger partial charge in [0.1, 0.15) is 0 Å². The van der Waals surface area contributed by atoms with Crippen LogP contribution in [0.4, 0.5) is 0 Å². The van der Waals surface area contributed by atoms with Gasteiger partial charge in [0, 0.05) is 35.8 Å². The van der Waals surface area contributed by atoms with Crippen LogP contribution in [0.3, 0.4) is 0 Å². The van der Waals surface area contributed by atoms with Gasteiger partial charge in [-0.2, -0.15) is 5.10 Å². The minimum atomic E-state index is 0.835. The number of fused-ring (bicyclic) bond motifs is 3. The van der Waals surface area contributed by atoms with Gasteiger partial charge in [-0.1, -0.05) is 11.6 Å². The van der Waals surface area contributed by atoms with Crippen LogP contribution >= 0.6 is 0 Å². The Morgan fingerprint density at radius 1 is 1.27 bits per heavy atom. The molecule has 0 saturated carbocycles. The molecule has 0 spiro atoms. The van der Waals surface area contributed by atoms with E-state index in [0.29, 0.717) is 0 Å². The zero-order chi connectivity index (χ0) is 15.1. The van der Waals surface area contributed by atoms with Crippen LogP contribution in [-0.2, 0) is 6.42 Å². The van der Waals surface area contributed by atoms with Crippen molar-refractivity contribution in [2.45, 2.75) is 26.2 Å². The van der Waals surface area contributed by atoms with Crippen LogP contribution in [0, 0.1) is 6.92 Å². The average Bonchev–Trinajstić information content (AvgIpc) is 3.14. The molecule has 1 aromatic carbocycles. The summed E-state index contributed by atoms with van der Waals surface area (Å²) in [7, 11) is 1.97. The number of nitrogens with one attached hydrogen (secondary N) is 2. The molecular formula is C17H21N5. The lowest BCUT2D eigenvalue weighted by atomic mass is 9.93. The molecule has 1 aliphatic heterocycles. The van der Waals surface area contributed by atoms with Crippen LogP contribution in [0.1, 0.15) is 29.7 Å². The Labute approximate surface area is 130 Å². The van der Waals surface area contributed by atoms with Gasteiger partial charge in [0.15, 0.2) is 0 Å². The number of benzene rings is 1. The number of guanidine groups is 1. The van der Waals surface area contributed by atoms with Gasteiger partial charge in [-0.25, -0.2) is 10.0 Å². The Morgan fingerprint density at radius 2 is 2.18 bits per heavy atom. The van der Waals surface area contributed by atoms with Crippen LogP contribution in [0.25, 0.3) is 10.9 Å². The number of hydrogen-bond acceptors (Lipinski definition) is 4. The number of aromatic nitrogens is 1. The number of rotatable bonds is 1. The van der Waals surface area contributed by atoms with Crippen molar-refractivity contribution in [3.63, 3.8) is 0 Å². The predicted molar refractivity (Wildman–Crippen MR) is 90.6 cm³/mol. The first kappa shape index (κ1) is 13.4. The standard InChI is InChI=1S/C17H21N5/c1-11-6-7-13-12(10-11)16-14(20-13)4-3-5-15(16)21-22(2)17-18-8-9-19-17/h6-7,10,20H,3-5,8-9H2,1-2H3,(H,18,19). The Hall–Kier alpha value is -2.30. The van der Waals surface area contributed by atoms with Gasteiger partial charge in [0.2, 0.25) is 5.96 Å². The van der Waals surface area contributed by atoms with Gasteiger partial charge < -0.3 is 10.3 Å². The van der Waals surface area contributed by atoms with Gasteiger partial charge in [0.05, 0.1) is 12.3 Å². The molecule has 0 atom stereocenters.